The van der Waals surface area contributed by atoms with Crippen LogP contribution in [0.25, 0.3) is 11.0 Å². The molecule has 1 amide bonds. The molecule has 4 aromatic rings. The van der Waals surface area contributed by atoms with Crippen molar-refractivity contribution in [3.63, 3.8) is 0 Å². The maximum absolute atomic E-state index is 14.2. The number of benzene rings is 3. The second-order valence-electron chi connectivity index (χ2n) is 9.17. The maximum Gasteiger partial charge on any atom is 0.228 e. The first-order chi connectivity index (χ1) is 18.1. The molecule has 0 aliphatic carbocycles. The zero-order valence-corrected chi connectivity index (χ0v) is 22.1. The molecule has 200 valence electrons. The number of aryl methyl sites for hydroxylation is 1. The number of rotatable bonds is 10. The lowest BCUT2D eigenvalue weighted by Gasteiger charge is -2.27. The first-order valence-corrected chi connectivity index (χ1v) is 13.4. The van der Waals surface area contributed by atoms with Crippen LogP contribution < -0.4 is 10.1 Å². The highest BCUT2D eigenvalue weighted by atomic mass is 32.2. The van der Waals surface area contributed by atoms with Crippen molar-refractivity contribution in [2.24, 2.45) is 0 Å². The highest BCUT2D eigenvalue weighted by Crippen LogP contribution is 2.32. The Bertz CT molecular complexity index is 1440. The number of nitrogens with zero attached hydrogens (tertiary/aromatic N) is 2. The number of imidazole rings is 1. The van der Waals surface area contributed by atoms with Gasteiger partial charge in [-0.3, -0.25) is 4.79 Å². The monoisotopic (exact) mass is 543 g/mol. The van der Waals surface area contributed by atoms with E-state index in [1.54, 1.807) is 60.9 Å². The van der Waals surface area contributed by atoms with Crippen molar-refractivity contribution in [1.82, 2.24) is 9.55 Å². The van der Waals surface area contributed by atoms with Crippen molar-refractivity contribution in [2.45, 2.75) is 44.2 Å². The molecule has 0 spiro atoms. The number of anilines is 1. The molecule has 0 saturated carbocycles. The van der Waals surface area contributed by atoms with Gasteiger partial charge in [0.15, 0.2) is 27.9 Å². The molecule has 0 aliphatic heterocycles. The molecule has 10 heteroatoms. The van der Waals surface area contributed by atoms with Crippen LogP contribution in [-0.4, -0.2) is 32.4 Å². The van der Waals surface area contributed by atoms with E-state index in [-0.39, 0.29) is 24.6 Å². The van der Waals surface area contributed by atoms with E-state index >= 15 is 0 Å². The summed E-state index contributed by atoms with van der Waals surface area (Å²) in [4.78, 5) is 18.0. The van der Waals surface area contributed by atoms with Crippen LogP contribution in [0.15, 0.2) is 65.6 Å². The standard InChI is InChI=1S/C28H28F3N3O3S/c1-4-38(36)21-9-5-18(6-10-21)15-26(35)32-20-8-11-24-23(17-20)33-27(34(24)14-13-29)28(2,3)37-25-12-7-19(30)16-22(25)31/h5-12,16-17H,4,13-15H2,1-3H3,(H,32,35). The number of aromatic nitrogens is 2. The Hall–Kier alpha value is -3.50. The number of carbonyl (C=O) groups excluding carboxylic acids is 1. The zero-order chi connectivity index (χ0) is 27.4. The third-order valence-corrected chi connectivity index (χ3v) is 7.27. The molecule has 4 rings (SSSR count). The zero-order valence-electron chi connectivity index (χ0n) is 21.3. The van der Waals surface area contributed by atoms with Crippen molar-refractivity contribution in [1.29, 1.82) is 0 Å². The topological polar surface area (TPSA) is 79.2 Å². The van der Waals surface area contributed by atoms with Crippen molar-refractivity contribution >= 4 is 33.8 Å². The van der Waals surface area contributed by atoms with Gasteiger partial charge in [-0.05, 0) is 80.0 Å². The van der Waals surface area contributed by atoms with Crippen molar-refractivity contribution in [2.75, 3.05) is 17.7 Å². The van der Waals surface area contributed by atoms with Gasteiger partial charge in [-0.15, -0.1) is 0 Å². The number of fused-ring (bicyclic) bond motifs is 1. The molecule has 1 N–H and O–H groups in total. The second kappa shape index (κ2) is 11.5. The van der Waals surface area contributed by atoms with Crippen LogP contribution in [0.5, 0.6) is 5.75 Å². The van der Waals surface area contributed by atoms with Crippen LogP contribution >= 0.6 is 0 Å². The minimum Gasteiger partial charge on any atom is -0.611 e. The number of alkyl halides is 1. The van der Waals surface area contributed by atoms with E-state index in [2.05, 4.69) is 10.3 Å². The number of hydrogen-bond acceptors (Lipinski definition) is 4. The number of amides is 1. The Morgan fingerprint density at radius 3 is 2.50 bits per heavy atom. The van der Waals surface area contributed by atoms with E-state index in [1.165, 1.54) is 6.07 Å². The van der Waals surface area contributed by atoms with Gasteiger partial charge in [0.05, 0.1) is 24.0 Å². The van der Waals surface area contributed by atoms with Gasteiger partial charge in [-0.1, -0.05) is 12.1 Å². The number of hydrogen-bond donors (Lipinski definition) is 1. The molecule has 0 fully saturated rings. The highest BCUT2D eigenvalue weighted by Gasteiger charge is 2.31. The maximum atomic E-state index is 14.2. The molecule has 6 nitrogen and oxygen atoms in total. The van der Waals surface area contributed by atoms with Crippen molar-refractivity contribution in [3.05, 3.63) is 83.7 Å². The van der Waals surface area contributed by atoms with Crippen molar-refractivity contribution < 1.29 is 27.3 Å². The fourth-order valence-corrected chi connectivity index (χ4v) is 4.95. The number of carbonyl (C=O) groups is 1. The van der Waals surface area contributed by atoms with Gasteiger partial charge in [0.2, 0.25) is 5.91 Å². The van der Waals surface area contributed by atoms with E-state index in [1.807, 2.05) is 6.92 Å². The van der Waals surface area contributed by atoms with Crippen LogP contribution in [0.1, 0.15) is 32.2 Å². The fraction of sp³-hybridized carbons (Fsp3) is 0.286. The number of nitrogens with one attached hydrogen (secondary N) is 1. The molecule has 38 heavy (non-hydrogen) atoms. The third kappa shape index (κ3) is 6.14. The molecule has 1 heterocycles. The molecule has 1 atom stereocenters. The normalized spacial score (nSPS) is 12.5. The lowest BCUT2D eigenvalue weighted by atomic mass is 10.1. The first kappa shape index (κ1) is 27.5. The molecule has 0 bridgehead atoms. The molecule has 0 aliphatic rings. The van der Waals surface area contributed by atoms with E-state index < -0.39 is 35.1 Å². The fourth-order valence-electron chi connectivity index (χ4n) is 4.17. The summed E-state index contributed by atoms with van der Waals surface area (Å²) in [5.74, 6) is -1.11. The summed E-state index contributed by atoms with van der Waals surface area (Å²) in [6.07, 6.45) is 0.128. The highest BCUT2D eigenvalue weighted by molar-refractivity contribution is 7.91. The predicted octanol–water partition coefficient (Wildman–Crippen LogP) is 5.91. The van der Waals surface area contributed by atoms with E-state index in [0.29, 0.717) is 28.3 Å². The summed E-state index contributed by atoms with van der Waals surface area (Å²) in [7, 11) is 0. The van der Waals surface area contributed by atoms with E-state index in [9.17, 15) is 22.5 Å². The largest absolute Gasteiger partial charge is 0.611 e. The second-order valence-corrected chi connectivity index (χ2v) is 10.9. The van der Waals surface area contributed by atoms with Gasteiger partial charge in [-0.2, -0.15) is 0 Å². The third-order valence-electron chi connectivity index (χ3n) is 5.95. The summed E-state index contributed by atoms with van der Waals surface area (Å²) in [5, 5.41) is 2.84. The minimum absolute atomic E-state index is 0.00492. The predicted molar refractivity (Wildman–Crippen MR) is 141 cm³/mol. The van der Waals surface area contributed by atoms with Crippen LogP contribution in [0.3, 0.4) is 0 Å². The number of halogens is 3. The van der Waals surface area contributed by atoms with Crippen LogP contribution in [0.4, 0.5) is 18.9 Å². The Labute approximate surface area is 222 Å². The average molecular weight is 544 g/mol. The molecule has 1 unspecified atom stereocenters. The molecule has 1 aromatic heterocycles. The smallest absolute Gasteiger partial charge is 0.228 e. The van der Waals surface area contributed by atoms with E-state index in [4.69, 9.17) is 4.74 Å². The molecule has 0 radical (unpaired) electrons. The molecular weight excluding hydrogens is 515 g/mol. The van der Waals surface area contributed by atoms with Gasteiger partial charge in [0, 0.05) is 11.8 Å². The Morgan fingerprint density at radius 2 is 1.84 bits per heavy atom. The molecule has 0 saturated heterocycles. The lowest BCUT2D eigenvalue weighted by molar-refractivity contribution is -0.115. The Kier molecular flexibility index (Phi) is 8.32. The average Bonchev–Trinajstić information content (AvgIpc) is 3.24. The van der Waals surface area contributed by atoms with Gasteiger partial charge >= 0.3 is 0 Å². The van der Waals surface area contributed by atoms with Crippen LogP contribution in [0, 0.1) is 11.6 Å². The summed E-state index contributed by atoms with van der Waals surface area (Å²) in [6.45, 7) is 4.50. The Morgan fingerprint density at radius 1 is 1.11 bits per heavy atom. The summed E-state index contributed by atoms with van der Waals surface area (Å²) in [5.41, 5.74) is 1.21. The quantitative estimate of drug-likeness (QED) is 0.252. The van der Waals surface area contributed by atoms with Crippen molar-refractivity contribution in [3.8, 4) is 5.75 Å². The SMILES string of the molecule is CC[S+]([O-])c1ccc(CC(=O)Nc2ccc3c(c2)nc(C(C)(C)Oc2ccc(F)cc2F)n3CCF)cc1. The number of ether oxygens (including phenoxy) is 1. The van der Waals surface area contributed by atoms with E-state index in [0.717, 1.165) is 22.6 Å². The first-order valence-electron chi connectivity index (χ1n) is 12.1. The van der Waals surface area contributed by atoms with Crippen LogP contribution in [-0.2, 0) is 34.5 Å². The van der Waals surface area contributed by atoms with Gasteiger partial charge < -0.3 is 19.2 Å². The molecule has 3 aromatic carbocycles. The van der Waals surface area contributed by atoms with Gasteiger partial charge in [-0.25, -0.2) is 18.2 Å². The summed E-state index contributed by atoms with van der Waals surface area (Å²) in [6, 6.07) is 15.2. The van der Waals surface area contributed by atoms with Gasteiger partial charge in [0.1, 0.15) is 18.2 Å². The Balaban J connectivity index is 1.55. The minimum atomic E-state index is -1.19. The van der Waals surface area contributed by atoms with Gasteiger partial charge in [0.25, 0.3) is 0 Å². The van der Waals surface area contributed by atoms with Crippen LogP contribution in [0.2, 0.25) is 0 Å². The summed E-state index contributed by atoms with van der Waals surface area (Å²) >= 11 is -1.05. The molecular formula is C28H28F3N3O3S. The summed E-state index contributed by atoms with van der Waals surface area (Å²) < 4.78 is 60.4. The lowest BCUT2D eigenvalue weighted by Crippen LogP contribution is -2.30.